The molecule has 3 nitrogen and oxygen atoms in total. The van der Waals surface area contributed by atoms with Crippen LogP contribution in [0.15, 0.2) is 29.6 Å². The smallest absolute Gasteiger partial charge is 0.310 e. The summed E-state index contributed by atoms with van der Waals surface area (Å²) >= 11 is 0. The molecule has 3 heteroatoms. The van der Waals surface area contributed by atoms with Gasteiger partial charge in [0.2, 0.25) is 0 Å². The number of nitrogens with zero attached hydrogens (tertiary/aromatic N) is 1. The summed E-state index contributed by atoms with van der Waals surface area (Å²) in [5.74, 6) is 0.0255. The van der Waals surface area contributed by atoms with Crippen LogP contribution in [0.5, 0.6) is 0 Å². The first kappa shape index (κ1) is 10.6. The van der Waals surface area contributed by atoms with Crippen LogP contribution >= 0.6 is 0 Å². The van der Waals surface area contributed by atoms with Gasteiger partial charge in [0, 0.05) is 18.8 Å². The lowest BCUT2D eigenvalue weighted by atomic mass is 10.5. The van der Waals surface area contributed by atoms with Crippen molar-refractivity contribution in [3.05, 3.63) is 24.6 Å². The topological polar surface area (TPSA) is 38.7 Å². The van der Waals surface area contributed by atoms with Crippen LogP contribution in [0.25, 0.3) is 0 Å². The maximum atomic E-state index is 10.7. The molecule has 0 unspecified atom stereocenters. The van der Waals surface area contributed by atoms with Gasteiger partial charge in [-0.25, -0.2) is 0 Å². The van der Waals surface area contributed by atoms with E-state index in [1.165, 1.54) is 12.3 Å². The minimum Gasteiger partial charge on any atom is -0.427 e. The number of rotatable bonds is 4. The average molecular weight is 167 g/mol. The van der Waals surface area contributed by atoms with Crippen LogP contribution < -0.4 is 0 Å². The minimum absolute atomic E-state index is 0.287. The lowest BCUT2D eigenvalue weighted by molar-refractivity contribution is -0.138. The second-order valence-electron chi connectivity index (χ2n) is 2.02. The minimum atomic E-state index is -0.287. The SMILES string of the molecule is C=C(/C=C\N=CC)OC(=O)CC. The lowest BCUT2D eigenvalue weighted by Crippen LogP contribution is -1.99. The van der Waals surface area contributed by atoms with Crippen molar-refractivity contribution in [2.45, 2.75) is 20.3 Å². The highest BCUT2D eigenvalue weighted by Crippen LogP contribution is 1.98. The first-order valence-electron chi connectivity index (χ1n) is 3.74. The summed E-state index contributed by atoms with van der Waals surface area (Å²) in [6.45, 7) is 7.03. The highest BCUT2D eigenvalue weighted by atomic mass is 16.5. The van der Waals surface area contributed by atoms with E-state index in [1.54, 1.807) is 20.1 Å². The molecule has 0 N–H and O–H groups in total. The Hall–Kier alpha value is -1.38. The average Bonchev–Trinajstić information content (AvgIpc) is 2.05. The molecule has 0 saturated heterocycles. The fourth-order valence-corrected chi connectivity index (χ4v) is 0.465. The summed E-state index contributed by atoms with van der Waals surface area (Å²) in [4.78, 5) is 14.5. The molecule has 0 spiro atoms. The molecular weight excluding hydrogens is 154 g/mol. The van der Waals surface area contributed by atoms with Crippen molar-refractivity contribution in [2.24, 2.45) is 4.99 Å². The van der Waals surface area contributed by atoms with Crippen LogP contribution in [0, 0.1) is 0 Å². The molecule has 0 saturated carbocycles. The fourth-order valence-electron chi connectivity index (χ4n) is 0.465. The van der Waals surface area contributed by atoms with Gasteiger partial charge in [0.15, 0.2) is 0 Å². The van der Waals surface area contributed by atoms with Crippen LogP contribution in [0.2, 0.25) is 0 Å². The van der Waals surface area contributed by atoms with E-state index in [0.717, 1.165) is 0 Å². The van der Waals surface area contributed by atoms with Gasteiger partial charge in [0.1, 0.15) is 5.76 Å². The van der Waals surface area contributed by atoms with Crippen molar-refractivity contribution in [1.82, 2.24) is 0 Å². The molecule has 0 atom stereocenters. The zero-order chi connectivity index (χ0) is 9.40. The Morgan fingerprint density at radius 1 is 1.67 bits per heavy atom. The molecule has 0 heterocycles. The quantitative estimate of drug-likeness (QED) is 0.278. The second-order valence-corrected chi connectivity index (χ2v) is 2.02. The van der Waals surface area contributed by atoms with Crippen molar-refractivity contribution in [1.29, 1.82) is 0 Å². The van der Waals surface area contributed by atoms with Crippen LogP contribution in [0.1, 0.15) is 20.3 Å². The van der Waals surface area contributed by atoms with Gasteiger partial charge in [0.25, 0.3) is 0 Å². The third-order valence-corrected chi connectivity index (χ3v) is 1.03. The number of esters is 1. The molecule has 0 bridgehead atoms. The van der Waals surface area contributed by atoms with Crippen molar-refractivity contribution >= 4 is 12.2 Å². The van der Waals surface area contributed by atoms with Gasteiger partial charge < -0.3 is 4.74 Å². The number of hydrogen-bond donors (Lipinski definition) is 0. The van der Waals surface area contributed by atoms with Gasteiger partial charge in [-0.2, -0.15) is 0 Å². The zero-order valence-electron chi connectivity index (χ0n) is 7.41. The van der Waals surface area contributed by atoms with Crippen molar-refractivity contribution in [2.75, 3.05) is 0 Å². The molecule has 0 fully saturated rings. The highest BCUT2D eigenvalue weighted by molar-refractivity contribution is 5.70. The first-order chi connectivity index (χ1) is 5.70. The molecule has 0 aromatic rings. The normalized spacial score (nSPS) is 10.8. The van der Waals surface area contributed by atoms with E-state index >= 15 is 0 Å². The summed E-state index contributed by atoms with van der Waals surface area (Å²) in [5, 5.41) is 0. The Kier molecular flexibility index (Phi) is 5.61. The Morgan fingerprint density at radius 3 is 2.83 bits per heavy atom. The van der Waals surface area contributed by atoms with E-state index in [-0.39, 0.29) is 5.97 Å². The largest absolute Gasteiger partial charge is 0.427 e. The standard InChI is InChI=1S/C9H13NO2/c1-4-9(11)12-8(3)6-7-10-5-2/h5-7H,3-4H2,1-2H3/b7-6-,10-5?. The van der Waals surface area contributed by atoms with Gasteiger partial charge in [0.05, 0.1) is 0 Å². The van der Waals surface area contributed by atoms with E-state index in [4.69, 9.17) is 4.74 Å². The highest BCUT2D eigenvalue weighted by Gasteiger charge is 1.97. The summed E-state index contributed by atoms with van der Waals surface area (Å²) in [6, 6.07) is 0. The molecule has 0 rings (SSSR count). The van der Waals surface area contributed by atoms with Crippen LogP contribution in [0.4, 0.5) is 0 Å². The molecular formula is C9H13NO2. The Balaban J connectivity index is 3.81. The number of ether oxygens (including phenoxy) is 1. The predicted molar refractivity (Wildman–Crippen MR) is 48.8 cm³/mol. The lowest BCUT2D eigenvalue weighted by Gasteiger charge is -1.98. The number of allylic oxidation sites excluding steroid dienone is 1. The van der Waals surface area contributed by atoms with Crippen molar-refractivity contribution in [3.63, 3.8) is 0 Å². The zero-order valence-corrected chi connectivity index (χ0v) is 7.41. The molecule has 0 radical (unpaired) electrons. The first-order valence-corrected chi connectivity index (χ1v) is 3.74. The number of carbonyl (C=O) groups is 1. The van der Waals surface area contributed by atoms with Crippen LogP contribution in [-0.4, -0.2) is 12.2 Å². The van der Waals surface area contributed by atoms with E-state index in [9.17, 15) is 4.79 Å². The van der Waals surface area contributed by atoms with Gasteiger partial charge in [-0.15, -0.1) is 0 Å². The maximum absolute atomic E-state index is 10.7. The van der Waals surface area contributed by atoms with Gasteiger partial charge in [-0.1, -0.05) is 13.5 Å². The summed E-state index contributed by atoms with van der Waals surface area (Å²) < 4.78 is 4.75. The van der Waals surface area contributed by atoms with E-state index in [0.29, 0.717) is 12.2 Å². The maximum Gasteiger partial charge on any atom is 0.310 e. The Bertz CT molecular complexity index is 217. The number of hydrogen-bond acceptors (Lipinski definition) is 3. The Labute approximate surface area is 72.4 Å². The van der Waals surface area contributed by atoms with Crippen LogP contribution in [0.3, 0.4) is 0 Å². The molecule has 0 aliphatic heterocycles. The third-order valence-electron chi connectivity index (χ3n) is 1.03. The molecule has 66 valence electrons. The second kappa shape index (κ2) is 6.34. The molecule has 12 heavy (non-hydrogen) atoms. The van der Waals surface area contributed by atoms with Crippen molar-refractivity contribution in [3.8, 4) is 0 Å². The van der Waals surface area contributed by atoms with Gasteiger partial charge in [-0.3, -0.25) is 9.79 Å². The van der Waals surface area contributed by atoms with E-state index < -0.39 is 0 Å². The summed E-state index contributed by atoms with van der Waals surface area (Å²) in [6.07, 6.45) is 5.04. The number of carbonyl (C=O) groups excluding carboxylic acids is 1. The van der Waals surface area contributed by atoms with Gasteiger partial charge >= 0.3 is 5.97 Å². The third kappa shape index (κ3) is 5.41. The molecule has 0 aliphatic carbocycles. The molecule has 0 aromatic carbocycles. The van der Waals surface area contributed by atoms with Crippen LogP contribution in [-0.2, 0) is 9.53 Å². The van der Waals surface area contributed by atoms with E-state index in [1.807, 2.05) is 0 Å². The fraction of sp³-hybridized carbons (Fsp3) is 0.333. The summed E-state index contributed by atoms with van der Waals surface area (Å²) in [5.41, 5.74) is 0. The van der Waals surface area contributed by atoms with E-state index in [2.05, 4.69) is 11.6 Å². The monoisotopic (exact) mass is 167 g/mol. The summed E-state index contributed by atoms with van der Waals surface area (Å²) in [7, 11) is 0. The molecule has 0 amide bonds. The Morgan fingerprint density at radius 2 is 2.33 bits per heavy atom. The van der Waals surface area contributed by atoms with Crippen molar-refractivity contribution < 1.29 is 9.53 Å². The number of aliphatic imine (C=N–C) groups is 1. The molecule has 0 aromatic heterocycles. The van der Waals surface area contributed by atoms with Gasteiger partial charge in [-0.05, 0) is 13.0 Å². The molecule has 0 aliphatic rings. The predicted octanol–water partition coefficient (Wildman–Crippen LogP) is 2.06.